The van der Waals surface area contributed by atoms with Gasteiger partial charge >= 0.3 is 0 Å². The second-order valence-corrected chi connectivity index (χ2v) is 5.85. The molecule has 1 aromatic rings. The van der Waals surface area contributed by atoms with Crippen molar-refractivity contribution in [1.29, 1.82) is 0 Å². The van der Waals surface area contributed by atoms with Crippen molar-refractivity contribution in [3.8, 4) is 0 Å². The Bertz CT molecular complexity index is 412. The van der Waals surface area contributed by atoms with Crippen molar-refractivity contribution in [1.82, 2.24) is 5.32 Å². The Morgan fingerprint density at radius 1 is 1.50 bits per heavy atom. The molecule has 0 aliphatic carbocycles. The summed E-state index contributed by atoms with van der Waals surface area (Å²) in [5, 5.41) is 3.25. The minimum atomic E-state index is -0.169. The third-order valence-electron chi connectivity index (χ3n) is 2.50. The van der Waals surface area contributed by atoms with E-state index in [9.17, 15) is 4.79 Å². The Morgan fingerprint density at radius 3 is 2.83 bits per heavy atom. The van der Waals surface area contributed by atoms with Crippen LogP contribution in [0.5, 0.6) is 0 Å². The van der Waals surface area contributed by atoms with Gasteiger partial charge in [-0.25, -0.2) is 0 Å². The molecule has 18 heavy (non-hydrogen) atoms. The van der Waals surface area contributed by atoms with E-state index in [0.717, 1.165) is 17.7 Å². The first kappa shape index (κ1) is 15.7. The first-order chi connectivity index (χ1) is 8.58. The summed E-state index contributed by atoms with van der Waals surface area (Å²) in [4.78, 5) is 13.0. The van der Waals surface area contributed by atoms with E-state index in [-0.39, 0.29) is 11.3 Å². The number of hydrogen-bond donors (Lipinski definition) is 1. The van der Waals surface area contributed by atoms with Crippen LogP contribution in [0.2, 0.25) is 5.02 Å². The zero-order valence-electron chi connectivity index (χ0n) is 10.5. The fourth-order valence-electron chi connectivity index (χ4n) is 1.52. The lowest BCUT2D eigenvalue weighted by molar-refractivity contribution is 0.0953. The van der Waals surface area contributed by atoms with Crippen LogP contribution >= 0.6 is 35.0 Å². The van der Waals surface area contributed by atoms with E-state index >= 15 is 0 Å². The average Bonchev–Trinajstić information content (AvgIpc) is 2.37. The van der Waals surface area contributed by atoms with Crippen molar-refractivity contribution in [3.05, 3.63) is 28.8 Å². The van der Waals surface area contributed by atoms with Crippen molar-refractivity contribution in [2.45, 2.75) is 30.0 Å². The first-order valence-electron chi connectivity index (χ1n) is 5.84. The highest BCUT2D eigenvalue weighted by molar-refractivity contribution is 7.98. The van der Waals surface area contributed by atoms with Crippen LogP contribution in [0.15, 0.2) is 23.1 Å². The number of benzene rings is 1. The molecule has 1 atom stereocenters. The second kappa shape index (κ2) is 7.93. The van der Waals surface area contributed by atoms with Gasteiger partial charge in [0.15, 0.2) is 0 Å². The number of amides is 1. The Hall–Kier alpha value is -0.380. The van der Waals surface area contributed by atoms with Crippen LogP contribution in [0.4, 0.5) is 0 Å². The second-order valence-electron chi connectivity index (χ2n) is 3.94. The van der Waals surface area contributed by atoms with Gasteiger partial charge in [0.25, 0.3) is 5.91 Å². The number of carbonyl (C=O) groups is 1. The van der Waals surface area contributed by atoms with Crippen molar-refractivity contribution in [2.75, 3.05) is 12.8 Å². The summed E-state index contributed by atoms with van der Waals surface area (Å²) >= 11 is 13.7. The van der Waals surface area contributed by atoms with Gasteiger partial charge in [-0.05, 0) is 30.9 Å². The molecule has 1 rings (SSSR count). The molecular formula is C13H17Cl2NOS. The van der Waals surface area contributed by atoms with Crippen LogP contribution in [0.25, 0.3) is 0 Å². The molecule has 0 bridgehead atoms. The van der Waals surface area contributed by atoms with Gasteiger partial charge in [-0.15, -0.1) is 23.4 Å². The Kier molecular flexibility index (Phi) is 6.90. The standard InChI is InChI=1S/C13H17Cl2NOS/c1-3-4-9(14)8-16-13(17)11-7-10(18-2)5-6-12(11)15/h5-7,9H,3-4,8H2,1-2H3,(H,16,17). The summed E-state index contributed by atoms with van der Waals surface area (Å²) in [6.07, 6.45) is 3.86. The van der Waals surface area contributed by atoms with E-state index in [2.05, 4.69) is 12.2 Å². The number of halogens is 2. The largest absolute Gasteiger partial charge is 0.351 e. The molecule has 0 fully saturated rings. The maximum atomic E-state index is 12.0. The Labute approximate surface area is 122 Å². The molecule has 1 N–H and O–H groups in total. The van der Waals surface area contributed by atoms with Gasteiger partial charge in [0.2, 0.25) is 0 Å². The highest BCUT2D eigenvalue weighted by atomic mass is 35.5. The molecule has 0 radical (unpaired) electrons. The van der Waals surface area contributed by atoms with E-state index < -0.39 is 0 Å². The van der Waals surface area contributed by atoms with Crippen molar-refractivity contribution in [3.63, 3.8) is 0 Å². The molecule has 1 amide bonds. The maximum absolute atomic E-state index is 12.0. The van der Waals surface area contributed by atoms with Crippen molar-refractivity contribution >= 4 is 40.9 Å². The van der Waals surface area contributed by atoms with E-state index in [1.54, 1.807) is 23.9 Å². The van der Waals surface area contributed by atoms with Crippen LogP contribution in [0, 0.1) is 0 Å². The summed E-state index contributed by atoms with van der Waals surface area (Å²) in [7, 11) is 0. The monoisotopic (exact) mass is 305 g/mol. The SMILES string of the molecule is CCCC(Cl)CNC(=O)c1cc(SC)ccc1Cl. The molecular weight excluding hydrogens is 289 g/mol. The molecule has 0 heterocycles. The normalized spacial score (nSPS) is 12.2. The summed E-state index contributed by atoms with van der Waals surface area (Å²) in [6.45, 7) is 2.53. The number of carbonyl (C=O) groups excluding carboxylic acids is 1. The van der Waals surface area contributed by atoms with Gasteiger partial charge in [-0.2, -0.15) is 0 Å². The van der Waals surface area contributed by atoms with Gasteiger partial charge < -0.3 is 5.32 Å². The number of nitrogens with one attached hydrogen (secondary N) is 1. The van der Waals surface area contributed by atoms with Gasteiger partial charge in [-0.3, -0.25) is 4.79 Å². The molecule has 0 saturated heterocycles. The number of rotatable bonds is 6. The average molecular weight is 306 g/mol. The van der Waals surface area contributed by atoms with Crippen LogP contribution in [-0.4, -0.2) is 24.1 Å². The lowest BCUT2D eigenvalue weighted by Crippen LogP contribution is -2.29. The van der Waals surface area contributed by atoms with E-state index in [0.29, 0.717) is 17.1 Å². The summed E-state index contributed by atoms with van der Waals surface area (Å²) in [5.41, 5.74) is 0.504. The molecule has 1 unspecified atom stereocenters. The zero-order valence-corrected chi connectivity index (χ0v) is 12.8. The fraction of sp³-hybridized carbons (Fsp3) is 0.462. The van der Waals surface area contributed by atoms with E-state index in [1.807, 2.05) is 12.3 Å². The third kappa shape index (κ3) is 4.71. The summed E-state index contributed by atoms with van der Waals surface area (Å²) < 4.78 is 0. The van der Waals surface area contributed by atoms with Crippen LogP contribution in [0.1, 0.15) is 30.1 Å². The topological polar surface area (TPSA) is 29.1 Å². The van der Waals surface area contributed by atoms with Gasteiger partial charge in [0, 0.05) is 11.4 Å². The molecule has 0 spiro atoms. The molecule has 1 aromatic carbocycles. The lowest BCUT2D eigenvalue weighted by Gasteiger charge is -2.11. The van der Waals surface area contributed by atoms with Gasteiger partial charge in [0.1, 0.15) is 0 Å². The molecule has 0 saturated carbocycles. The maximum Gasteiger partial charge on any atom is 0.252 e. The van der Waals surface area contributed by atoms with Crippen molar-refractivity contribution in [2.24, 2.45) is 0 Å². The molecule has 0 aliphatic rings. The van der Waals surface area contributed by atoms with Crippen LogP contribution in [-0.2, 0) is 0 Å². The number of thioether (sulfide) groups is 1. The fourth-order valence-corrected chi connectivity index (χ4v) is 2.46. The van der Waals surface area contributed by atoms with Crippen LogP contribution in [0.3, 0.4) is 0 Å². The first-order valence-corrected chi connectivity index (χ1v) is 7.88. The smallest absolute Gasteiger partial charge is 0.252 e. The quantitative estimate of drug-likeness (QED) is 0.630. The van der Waals surface area contributed by atoms with Gasteiger partial charge in [-0.1, -0.05) is 24.9 Å². The predicted octanol–water partition coefficient (Wildman–Crippen LogP) is 4.20. The lowest BCUT2D eigenvalue weighted by atomic mass is 10.2. The minimum Gasteiger partial charge on any atom is -0.351 e. The molecule has 2 nitrogen and oxygen atoms in total. The Morgan fingerprint density at radius 2 is 2.22 bits per heavy atom. The number of hydrogen-bond acceptors (Lipinski definition) is 2. The minimum absolute atomic E-state index is 0.0264. The van der Waals surface area contributed by atoms with E-state index in [4.69, 9.17) is 23.2 Å². The molecule has 0 aromatic heterocycles. The highest BCUT2D eigenvalue weighted by Gasteiger charge is 2.12. The zero-order chi connectivity index (χ0) is 13.5. The summed E-state index contributed by atoms with van der Waals surface area (Å²) in [5.74, 6) is -0.169. The number of alkyl halides is 1. The van der Waals surface area contributed by atoms with Crippen molar-refractivity contribution < 1.29 is 4.79 Å². The molecule has 100 valence electrons. The predicted molar refractivity (Wildman–Crippen MR) is 80.1 cm³/mol. The Balaban J connectivity index is 2.66. The molecule has 0 aliphatic heterocycles. The highest BCUT2D eigenvalue weighted by Crippen LogP contribution is 2.22. The molecule has 5 heteroatoms. The third-order valence-corrected chi connectivity index (χ3v) is 3.93. The summed E-state index contributed by atoms with van der Waals surface area (Å²) in [6, 6.07) is 5.43. The van der Waals surface area contributed by atoms with E-state index in [1.165, 1.54) is 0 Å². The van der Waals surface area contributed by atoms with Gasteiger partial charge in [0.05, 0.1) is 16.0 Å². The van der Waals surface area contributed by atoms with Crippen LogP contribution < -0.4 is 5.32 Å².